The van der Waals surface area contributed by atoms with Crippen LogP contribution in [0.15, 0.2) is 28.7 Å². The molecule has 8 heteroatoms. The molecule has 0 unspecified atom stereocenters. The Balaban J connectivity index is 3.32. The van der Waals surface area contributed by atoms with Crippen LogP contribution in [0.2, 0.25) is 0 Å². The van der Waals surface area contributed by atoms with E-state index in [1.807, 2.05) is 0 Å². The summed E-state index contributed by atoms with van der Waals surface area (Å²) in [7, 11) is 0. The van der Waals surface area contributed by atoms with Gasteiger partial charge in [0.15, 0.2) is 0 Å². The van der Waals surface area contributed by atoms with E-state index < -0.39 is 55.6 Å². The van der Waals surface area contributed by atoms with E-state index in [-0.39, 0.29) is 0 Å². The molecule has 0 spiro atoms. The number of nitrogens with one attached hydrogen (secondary N) is 1. The van der Waals surface area contributed by atoms with Crippen molar-refractivity contribution in [1.29, 1.82) is 0 Å². The summed E-state index contributed by atoms with van der Waals surface area (Å²) in [6, 6.07) is -0.458. The highest BCUT2D eigenvalue weighted by atomic mass is 79.9. The van der Waals surface area contributed by atoms with Crippen LogP contribution in [0.1, 0.15) is 40.0 Å². The van der Waals surface area contributed by atoms with Gasteiger partial charge in [0.2, 0.25) is 0 Å². The number of carboxylic acids is 1. The molecular weight excluding hydrogens is 370 g/mol. The summed E-state index contributed by atoms with van der Waals surface area (Å²) in [5.74, 6) is -2.03. The molecule has 124 valence electrons. The quantitative estimate of drug-likeness (QED) is 0.713. The van der Waals surface area contributed by atoms with Gasteiger partial charge < -0.3 is 5.11 Å². The van der Waals surface area contributed by atoms with Crippen molar-refractivity contribution in [3.63, 3.8) is 0 Å². The summed E-state index contributed by atoms with van der Waals surface area (Å²) in [6.07, 6.45) is -6.75. The first-order valence-corrected chi connectivity index (χ1v) is 6.69. The minimum Gasteiger partial charge on any atom is -0.480 e. The second kappa shape index (κ2) is 6.95. The van der Waals surface area contributed by atoms with Crippen molar-refractivity contribution in [3.05, 3.63) is 34.3 Å². The highest BCUT2D eigenvalue weighted by molar-refractivity contribution is 9.10. The van der Waals surface area contributed by atoms with E-state index in [9.17, 15) is 27.5 Å². The molecule has 3 nitrogen and oxygen atoms in total. The molecule has 0 aliphatic carbocycles. The van der Waals surface area contributed by atoms with E-state index in [1.165, 1.54) is 12.1 Å². The number of halogens is 5. The second-order valence-electron chi connectivity index (χ2n) is 4.59. The topological polar surface area (TPSA) is 49.3 Å². The van der Waals surface area contributed by atoms with Crippen LogP contribution in [0.3, 0.4) is 0 Å². The number of aliphatic carboxylic acids is 1. The molecule has 0 bridgehead atoms. The SMILES string of the molecule is [2H]C([2H])([2H])C(F)(C[C@H](N[C@@H](c1ccc(Br)cc1)C(F)(F)F)C(=O)O)C([2H])([2H])[2H]. The van der Waals surface area contributed by atoms with Gasteiger partial charge >= 0.3 is 12.1 Å². The number of hydrogen-bond acceptors (Lipinski definition) is 2. The van der Waals surface area contributed by atoms with Gasteiger partial charge in [-0.2, -0.15) is 13.2 Å². The lowest BCUT2D eigenvalue weighted by atomic mass is 9.98. The number of benzene rings is 1. The van der Waals surface area contributed by atoms with Crippen molar-refractivity contribution in [2.24, 2.45) is 0 Å². The predicted octanol–water partition coefficient (Wildman–Crippen LogP) is 4.23. The zero-order valence-corrected chi connectivity index (χ0v) is 12.5. The summed E-state index contributed by atoms with van der Waals surface area (Å²) in [5, 5.41) is 10.9. The van der Waals surface area contributed by atoms with E-state index in [4.69, 9.17) is 8.22 Å². The van der Waals surface area contributed by atoms with Crippen molar-refractivity contribution in [2.75, 3.05) is 0 Å². The average Bonchev–Trinajstić information content (AvgIpc) is 2.48. The van der Waals surface area contributed by atoms with Crippen LogP contribution in [-0.2, 0) is 4.79 Å². The minimum atomic E-state index is -5.03. The lowest BCUT2D eigenvalue weighted by molar-refractivity contribution is -0.164. The zero-order valence-electron chi connectivity index (χ0n) is 16.9. The van der Waals surface area contributed by atoms with Crippen molar-refractivity contribution < 1.29 is 35.7 Å². The van der Waals surface area contributed by atoms with Gasteiger partial charge in [0.1, 0.15) is 17.8 Å². The Morgan fingerprint density at radius 3 is 2.27 bits per heavy atom. The Morgan fingerprint density at radius 2 is 1.86 bits per heavy atom. The Bertz CT molecular complexity index is 679. The molecule has 0 heterocycles. The zero-order chi connectivity index (χ0) is 22.1. The standard InChI is InChI=1S/C14H16BrF4NO2/c1-13(2,16)7-10(12(21)22)20-11(14(17,18)19)8-3-5-9(15)6-4-8/h3-6,10-11,20H,7H2,1-2H3,(H,21,22)/t10-,11-/m0/s1/i1D3,2D3. The molecule has 1 aromatic carbocycles. The molecule has 1 rings (SSSR count). The lowest BCUT2D eigenvalue weighted by Crippen LogP contribution is -2.47. The van der Waals surface area contributed by atoms with Crippen molar-refractivity contribution in [3.8, 4) is 0 Å². The first-order valence-electron chi connectivity index (χ1n) is 8.90. The molecule has 22 heavy (non-hydrogen) atoms. The predicted molar refractivity (Wildman–Crippen MR) is 77.3 cm³/mol. The van der Waals surface area contributed by atoms with Crippen molar-refractivity contribution in [2.45, 2.75) is 44.1 Å². The van der Waals surface area contributed by atoms with E-state index in [0.717, 1.165) is 12.1 Å². The highest BCUT2D eigenvalue weighted by Gasteiger charge is 2.43. The van der Waals surface area contributed by atoms with Crippen LogP contribution >= 0.6 is 15.9 Å². The van der Waals surface area contributed by atoms with E-state index in [2.05, 4.69) is 15.9 Å². The summed E-state index contributed by atoms with van der Waals surface area (Å²) < 4.78 is 98.4. The molecule has 0 aliphatic heterocycles. The molecular formula is C14H16BrF4NO2. The average molecular weight is 392 g/mol. The molecule has 0 fully saturated rings. The Kier molecular flexibility index (Phi) is 3.60. The fourth-order valence-electron chi connectivity index (χ4n) is 1.73. The monoisotopic (exact) mass is 391 g/mol. The molecule has 2 N–H and O–H groups in total. The normalized spacial score (nSPS) is 20.6. The largest absolute Gasteiger partial charge is 0.480 e. The Labute approximate surface area is 142 Å². The minimum absolute atomic E-state index is 0.422. The fraction of sp³-hybridized carbons (Fsp3) is 0.500. The Morgan fingerprint density at radius 1 is 1.32 bits per heavy atom. The van der Waals surface area contributed by atoms with Gasteiger partial charge in [0.25, 0.3) is 0 Å². The maximum Gasteiger partial charge on any atom is 0.407 e. The van der Waals surface area contributed by atoms with Crippen LogP contribution in [0, 0.1) is 0 Å². The van der Waals surface area contributed by atoms with E-state index in [0.29, 0.717) is 4.47 Å². The molecule has 0 saturated carbocycles. The third-order valence-electron chi connectivity index (χ3n) is 2.68. The van der Waals surface area contributed by atoms with Gasteiger partial charge in [0, 0.05) is 19.1 Å². The van der Waals surface area contributed by atoms with Crippen LogP contribution in [0.4, 0.5) is 17.6 Å². The van der Waals surface area contributed by atoms with Gasteiger partial charge in [-0.05, 0) is 31.4 Å². The maximum atomic E-state index is 14.9. The van der Waals surface area contributed by atoms with Gasteiger partial charge in [-0.1, -0.05) is 28.1 Å². The summed E-state index contributed by atoms with van der Waals surface area (Å²) >= 11 is 3.03. The number of alkyl halides is 4. The number of rotatable bonds is 6. The number of carboxylic acid groups (broad SMARTS) is 1. The lowest BCUT2D eigenvalue weighted by Gasteiger charge is -2.28. The summed E-state index contributed by atoms with van der Waals surface area (Å²) in [4.78, 5) is 11.4. The first-order chi connectivity index (χ1) is 12.4. The first kappa shape index (κ1) is 11.4. The van der Waals surface area contributed by atoms with E-state index in [1.54, 1.807) is 5.32 Å². The third-order valence-corrected chi connectivity index (χ3v) is 3.21. The molecule has 0 radical (unpaired) electrons. The molecule has 0 aliphatic rings. The smallest absolute Gasteiger partial charge is 0.407 e. The van der Waals surface area contributed by atoms with Crippen LogP contribution in [-0.4, -0.2) is 29.0 Å². The van der Waals surface area contributed by atoms with Crippen LogP contribution < -0.4 is 5.32 Å². The second-order valence-corrected chi connectivity index (χ2v) is 5.50. The van der Waals surface area contributed by atoms with Gasteiger partial charge in [-0.15, -0.1) is 0 Å². The molecule has 1 aromatic rings. The molecule has 0 saturated heterocycles. The summed E-state index contributed by atoms with van der Waals surface area (Å²) in [6.45, 7) is -7.59. The maximum absolute atomic E-state index is 14.9. The molecule has 2 atom stereocenters. The van der Waals surface area contributed by atoms with Crippen molar-refractivity contribution >= 4 is 21.9 Å². The fourth-order valence-corrected chi connectivity index (χ4v) is 2.00. The molecule has 0 amide bonds. The highest BCUT2D eigenvalue weighted by Crippen LogP contribution is 2.34. The molecule has 0 aromatic heterocycles. The van der Waals surface area contributed by atoms with Crippen LogP contribution in [0.5, 0.6) is 0 Å². The summed E-state index contributed by atoms with van der Waals surface area (Å²) in [5.41, 5.74) is -4.46. The van der Waals surface area contributed by atoms with E-state index >= 15 is 0 Å². The third kappa shape index (κ3) is 5.92. The number of hydrogen-bond donors (Lipinski definition) is 2. The van der Waals surface area contributed by atoms with Crippen molar-refractivity contribution in [1.82, 2.24) is 5.32 Å². The van der Waals surface area contributed by atoms with Gasteiger partial charge in [-0.3, -0.25) is 10.1 Å². The Hall–Kier alpha value is -1.15. The van der Waals surface area contributed by atoms with Gasteiger partial charge in [0.05, 0.1) is 0 Å². The number of carbonyl (C=O) groups is 1. The van der Waals surface area contributed by atoms with Gasteiger partial charge in [-0.25, -0.2) is 4.39 Å². The van der Waals surface area contributed by atoms with Crippen LogP contribution in [0.25, 0.3) is 0 Å².